The van der Waals surface area contributed by atoms with E-state index in [2.05, 4.69) is 10.6 Å². The number of amides is 2. The van der Waals surface area contributed by atoms with Crippen molar-refractivity contribution < 1.29 is 9.59 Å². The minimum absolute atomic E-state index is 0. The molecule has 5 nitrogen and oxygen atoms in total. The maximum atomic E-state index is 12.4. The van der Waals surface area contributed by atoms with Crippen molar-refractivity contribution in [3.8, 4) is 0 Å². The first-order valence-electron chi connectivity index (χ1n) is 7.82. The molecule has 6 heteroatoms. The van der Waals surface area contributed by atoms with Crippen LogP contribution >= 0.6 is 12.4 Å². The van der Waals surface area contributed by atoms with Gasteiger partial charge in [-0.1, -0.05) is 0 Å². The Morgan fingerprint density at radius 2 is 2.05 bits per heavy atom. The molecule has 0 radical (unpaired) electrons. The van der Waals surface area contributed by atoms with Gasteiger partial charge in [-0.15, -0.1) is 12.4 Å². The highest BCUT2D eigenvalue weighted by Crippen LogP contribution is 2.58. The molecule has 21 heavy (non-hydrogen) atoms. The third kappa shape index (κ3) is 3.19. The number of nitrogens with one attached hydrogen (secondary N) is 2. The molecule has 2 atom stereocenters. The lowest BCUT2D eigenvalue weighted by molar-refractivity contribution is -0.129. The van der Waals surface area contributed by atoms with Crippen molar-refractivity contribution in [3.63, 3.8) is 0 Å². The van der Waals surface area contributed by atoms with E-state index in [1.165, 1.54) is 0 Å². The van der Waals surface area contributed by atoms with E-state index >= 15 is 0 Å². The molecule has 2 aliphatic heterocycles. The molecular weight excluding hydrogens is 290 g/mol. The van der Waals surface area contributed by atoms with Crippen molar-refractivity contribution in [2.75, 3.05) is 19.6 Å². The molecule has 120 valence electrons. The summed E-state index contributed by atoms with van der Waals surface area (Å²) in [5.74, 6) is 0.529. The van der Waals surface area contributed by atoms with E-state index in [0.717, 1.165) is 32.4 Å². The Kier molecular flexibility index (Phi) is 4.83. The Morgan fingerprint density at radius 3 is 2.62 bits per heavy atom. The quantitative estimate of drug-likeness (QED) is 0.814. The second kappa shape index (κ2) is 6.13. The topological polar surface area (TPSA) is 61.4 Å². The van der Waals surface area contributed by atoms with Crippen LogP contribution in [0.5, 0.6) is 0 Å². The van der Waals surface area contributed by atoms with Crippen LogP contribution in [0.4, 0.5) is 0 Å². The van der Waals surface area contributed by atoms with E-state index in [-0.39, 0.29) is 47.6 Å². The van der Waals surface area contributed by atoms with Crippen molar-refractivity contribution in [1.82, 2.24) is 15.5 Å². The van der Waals surface area contributed by atoms with E-state index in [9.17, 15) is 9.59 Å². The van der Waals surface area contributed by atoms with Gasteiger partial charge in [0.2, 0.25) is 11.8 Å². The summed E-state index contributed by atoms with van der Waals surface area (Å²) in [7, 11) is 0. The number of likely N-dealkylation sites (tertiary alicyclic amines) is 1. The van der Waals surface area contributed by atoms with Gasteiger partial charge in [-0.2, -0.15) is 0 Å². The molecule has 2 unspecified atom stereocenters. The lowest BCUT2D eigenvalue weighted by atomic mass is 9.91. The van der Waals surface area contributed by atoms with Crippen LogP contribution in [0.2, 0.25) is 0 Å². The first-order chi connectivity index (χ1) is 9.52. The van der Waals surface area contributed by atoms with Crippen molar-refractivity contribution in [1.29, 1.82) is 0 Å². The van der Waals surface area contributed by atoms with Crippen LogP contribution in [-0.4, -0.2) is 48.4 Å². The highest BCUT2D eigenvalue weighted by atomic mass is 35.5. The highest BCUT2D eigenvalue weighted by molar-refractivity contribution is 5.86. The van der Waals surface area contributed by atoms with Crippen molar-refractivity contribution in [3.05, 3.63) is 0 Å². The third-order valence-electron chi connectivity index (χ3n) is 5.23. The number of rotatable bonds is 3. The molecule has 0 aromatic carbocycles. The SMILES string of the molecule is CC(C)N1CC(NC(=O)C2CC23CCNCC3)CC1=O.Cl. The molecule has 2 saturated heterocycles. The normalized spacial score (nSPS) is 30.4. The van der Waals surface area contributed by atoms with Gasteiger partial charge >= 0.3 is 0 Å². The summed E-state index contributed by atoms with van der Waals surface area (Å²) in [5, 5.41) is 6.46. The molecule has 2 heterocycles. The summed E-state index contributed by atoms with van der Waals surface area (Å²) in [4.78, 5) is 26.1. The van der Waals surface area contributed by atoms with E-state index < -0.39 is 0 Å². The Labute approximate surface area is 132 Å². The molecular formula is C15H26ClN3O2. The molecule has 2 N–H and O–H groups in total. The molecule has 1 saturated carbocycles. The fraction of sp³-hybridized carbons (Fsp3) is 0.867. The average molecular weight is 316 g/mol. The molecule has 3 rings (SSSR count). The number of hydrogen-bond acceptors (Lipinski definition) is 3. The van der Waals surface area contributed by atoms with E-state index in [1.54, 1.807) is 0 Å². The smallest absolute Gasteiger partial charge is 0.225 e. The number of piperidine rings is 1. The Hall–Kier alpha value is -0.810. The van der Waals surface area contributed by atoms with Gasteiger partial charge in [-0.25, -0.2) is 0 Å². The summed E-state index contributed by atoms with van der Waals surface area (Å²) >= 11 is 0. The van der Waals surface area contributed by atoms with Crippen LogP contribution in [0.3, 0.4) is 0 Å². The third-order valence-corrected chi connectivity index (χ3v) is 5.23. The van der Waals surface area contributed by atoms with Crippen molar-refractivity contribution in [2.24, 2.45) is 11.3 Å². The first kappa shape index (κ1) is 16.6. The summed E-state index contributed by atoms with van der Waals surface area (Å²) in [6, 6.07) is 0.234. The number of nitrogens with zero attached hydrogens (tertiary/aromatic N) is 1. The van der Waals surface area contributed by atoms with E-state index in [0.29, 0.717) is 13.0 Å². The summed E-state index contributed by atoms with van der Waals surface area (Å²) in [6.07, 6.45) is 3.74. The monoisotopic (exact) mass is 315 g/mol. The van der Waals surface area contributed by atoms with Crippen LogP contribution in [0, 0.1) is 11.3 Å². The van der Waals surface area contributed by atoms with Gasteiger partial charge in [0, 0.05) is 24.9 Å². The van der Waals surface area contributed by atoms with Gasteiger partial charge in [0.15, 0.2) is 0 Å². The van der Waals surface area contributed by atoms with Gasteiger partial charge in [0.05, 0.1) is 6.04 Å². The molecule has 2 amide bonds. The lowest BCUT2D eigenvalue weighted by Gasteiger charge is -2.24. The maximum absolute atomic E-state index is 12.4. The van der Waals surface area contributed by atoms with Crippen LogP contribution in [0.1, 0.15) is 39.5 Å². The summed E-state index contributed by atoms with van der Waals surface area (Å²) in [6.45, 7) is 6.78. The molecule has 3 aliphatic rings. The zero-order valence-electron chi connectivity index (χ0n) is 12.9. The fourth-order valence-corrected chi connectivity index (χ4v) is 3.82. The molecule has 1 aliphatic carbocycles. The highest BCUT2D eigenvalue weighted by Gasteiger charge is 2.57. The van der Waals surface area contributed by atoms with Gasteiger partial charge < -0.3 is 15.5 Å². The largest absolute Gasteiger partial charge is 0.351 e. The first-order valence-corrected chi connectivity index (χ1v) is 7.82. The number of carbonyl (C=O) groups excluding carboxylic acids is 2. The van der Waals surface area contributed by atoms with Gasteiger partial charge in [0.25, 0.3) is 0 Å². The fourth-order valence-electron chi connectivity index (χ4n) is 3.82. The average Bonchev–Trinajstić information content (AvgIpc) is 2.96. The van der Waals surface area contributed by atoms with Crippen molar-refractivity contribution >= 4 is 24.2 Å². The Balaban J connectivity index is 0.00000161. The van der Waals surface area contributed by atoms with Crippen LogP contribution in [0.15, 0.2) is 0 Å². The molecule has 0 aromatic heterocycles. The van der Waals surface area contributed by atoms with Gasteiger partial charge in [-0.05, 0) is 51.6 Å². The number of carbonyl (C=O) groups is 2. The second-order valence-electron chi connectivity index (χ2n) is 6.92. The lowest BCUT2D eigenvalue weighted by Crippen LogP contribution is -2.41. The minimum atomic E-state index is 0. The van der Waals surface area contributed by atoms with E-state index in [1.807, 2.05) is 18.7 Å². The standard InChI is InChI=1S/C15H25N3O2.ClH/c1-10(2)18-9-11(7-13(18)19)17-14(20)12-8-15(12)3-5-16-6-4-15;/h10-12,16H,3-9H2,1-2H3,(H,17,20);1H. The van der Waals surface area contributed by atoms with Gasteiger partial charge in [0.1, 0.15) is 0 Å². The van der Waals surface area contributed by atoms with E-state index in [4.69, 9.17) is 0 Å². The zero-order chi connectivity index (χ0) is 14.3. The predicted octanol–water partition coefficient (Wildman–Crippen LogP) is 0.923. The maximum Gasteiger partial charge on any atom is 0.225 e. The molecule has 0 aromatic rings. The minimum Gasteiger partial charge on any atom is -0.351 e. The van der Waals surface area contributed by atoms with Crippen LogP contribution < -0.4 is 10.6 Å². The Bertz CT molecular complexity index is 421. The van der Waals surface area contributed by atoms with Crippen molar-refractivity contribution in [2.45, 2.75) is 51.6 Å². The summed E-state index contributed by atoms with van der Waals surface area (Å²) in [5.41, 5.74) is 0.273. The predicted molar refractivity (Wildman–Crippen MR) is 83.3 cm³/mol. The Morgan fingerprint density at radius 1 is 1.38 bits per heavy atom. The molecule has 0 bridgehead atoms. The zero-order valence-corrected chi connectivity index (χ0v) is 13.7. The number of halogens is 1. The second-order valence-corrected chi connectivity index (χ2v) is 6.92. The number of hydrogen-bond donors (Lipinski definition) is 2. The van der Waals surface area contributed by atoms with Crippen LogP contribution in [0.25, 0.3) is 0 Å². The van der Waals surface area contributed by atoms with Gasteiger partial charge in [-0.3, -0.25) is 9.59 Å². The molecule has 1 spiro atoms. The summed E-state index contributed by atoms with van der Waals surface area (Å²) < 4.78 is 0. The molecule has 3 fully saturated rings. The van der Waals surface area contributed by atoms with Crippen LogP contribution in [-0.2, 0) is 9.59 Å².